The number of carbonyl (C=O) groups excluding carboxylic acids is 1. The average molecular weight is 330 g/mol. The summed E-state index contributed by atoms with van der Waals surface area (Å²) in [4.78, 5) is 18.2. The molecule has 1 aliphatic rings. The van der Waals surface area contributed by atoms with Gasteiger partial charge < -0.3 is 10.1 Å². The molecular formula is C16H31N3O2S. The van der Waals surface area contributed by atoms with Crippen molar-refractivity contribution in [1.29, 1.82) is 0 Å². The number of hydrogen-bond acceptors (Lipinski definition) is 5. The monoisotopic (exact) mass is 329 g/mol. The summed E-state index contributed by atoms with van der Waals surface area (Å²) in [7, 11) is 0. The number of carbonyl (C=O) groups is 1. The van der Waals surface area contributed by atoms with Crippen LogP contribution in [0.1, 0.15) is 46.5 Å². The summed E-state index contributed by atoms with van der Waals surface area (Å²) in [5.41, 5.74) is -0.448. The summed E-state index contributed by atoms with van der Waals surface area (Å²) >= 11 is 1.91. The molecule has 22 heavy (non-hydrogen) atoms. The Hall–Kier alpha value is -0.910. The van der Waals surface area contributed by atoms with Crippen LogP contribution in [0.5, 0.6) is 0 Å². The number of aliphatic imine (C=N–C) groups is 1. The minimum atomic E-state index is -0.448. The van der Waals surface area contributed by atoms with Crippen LogP contribution in [-0.2, 0) is 4.74 Å². The van der Waals surface area contributed by atoms with E-state index in [4.69, 9.17) is 4.74 Å². The Kier molecular flexibility index (Phi) is 8.68. The van der Waals surface area contributed by atoms with E-state index in [-0.39, 0.29) is 6.09 Å². The average Bonchev–Trinajstić information content (AvgIpc) is 2.45. The van der Waals surface area contributed by atoms with Crippen molar-refractivity contribution in [3.8, 4) is 0 Å². The molecule has 1 heterocycles. The molecule has 0 saturated carbocycles. The Morgan fingerprint density at radius 2 is 2.05 bits per heavy atom. The molecule has 5 nitrogen and oxygen atoms in total. The van der Waals surface area contributed by atoms with Gasteiger partial charge in [-0.1, -0.05) is 12.8 Å². The topological polar surface area (TPSA) is 53.9 Å². The van der Waals surface area contributed by atoms with E-state index in [2.05, 4.69) is 16.6 Å². The van der Waals surface area contributed by atoms with Gasteiger partial charge in [0.2, 0.25) is 0 Å². The number of nitrogens with one attached hydrogen (secondary N) is 1. The Bertz CT molecular complexity index is 367. The molecule has 0 atom stereocenters. The standard InChI is InChI=1S/C16H31N3O2S/c1-16(2,3)21-15(20)19-11-10-18-14(13-19)17-9-7-5-6-8-12-22-4/h5-13H2,1-4H3,(H,17,18). The second-order valence-corrected chi connectivity index (χ2v) is 7.55. The largest absolute Gasteiger partial charge is 0.444 e. The molecule has 0 bridgehead atoms. The van der Waals surface area contributed by atoms with Crippen molar-refractivity contribution in [2.45, 2.75) is 52.1 Å². The first-order valence-electron chi connectivity index (χ1n) is 8.16. The number of thioether (sulfide) groups is 1. The summed E-state index contributed by atoms with van der Waals surface area (Å²) in [5.74, 6) is 2.16. The van der Waals surface area contributed by atoms with E-state index < -0.39 is 5.60 Å². The molecule has 0 radical (unpaired) electrons. The minimum absolute atomic E-state index is 0.251. The molecule has 1 aliphatic heterocycles. The van der Waals surface area contributed by atoms with Gasteiger partial charge in [-0.2, -0.15) is 11.8 Å². The van der Waals surface area contributed by atoms with Crippen LogP contribution in [-0.4, -0.2) is 60.6 Å². The van der Waals surface area contributed by atoms with E-state index in [1.807, 2.05) is 32.5 Å². The molecule has 0 aromatic carbocycles. The second kappa shape index (κ2) is 9.98. The fraction of sp³-hybridized carbons (Fsp3) is 0.875. The highest BCUT2D eigenvalue weighted by Crippen LogP contribution is 2.11. The molecule has 0 fully saturated rings. The van der Waals surface area contributed by atoms with Gasteiger partial charge in [0.25, 0.3) is 0 Å². The zero-order valence-corrected chi connectivity index (χ0v) is 15.3. The van der Waals surface area contributed by atoms with Gasteiger partial charge in [0, 0.05) is 13.1 Å². The fourth-order valence-electron chi connectivity index (χ4n) is 2.17. The predicted molar refractivity (Wildman–Crippen MR) is 95.0 cm³/mol. The lowest BCUT2D eigenvalue weighted by Crippen LogP contribution is -2.47. The molecule has 6 heteroatoms. The van der Waals surface area contributed by atoms with E-state index in [0.29, 0.717) is 19.6 Å². The molecule has 128 valence electrons. The lowest BCUT2D eigenvalue weighted by Gasteiger charge is -2.29. The van der Waals surface area contributed by atoms with Crippen LogP contribution in [0.3, 0.4) is 0 Å². The summed E-state index contributed by atoms with van der Waals surface area (Å²) in [6.45, 7) is 8.41. The summed E-state index contributed by atoms with van der Waals surface area (Å²) in [5, 5.41) is 3.36. The molecule has 0 aliphatic carbocycles. The number of hydrogen-bond donors (Lipinski definition) is 1. The molecule has 0 aromatic heterocycles. The summed E-state index contributed by atoms with van der Waals surface area (Å²) < 4.78 is 5.41. The maximum absolute atomic E-state index is 12.1. The molecular weight excluding hydrogens is 298 g/mol. The first kappa shape index (κ1) is 19.1. The molecule has 1 amide bonds. The Balaban J connectivity index is 2.20. The predicted octanol–water partition coefficient (Wildman–Crippen LogP) is 3.15. The first-order valence-corrected chi connectivity index (χ1v) is 9.56. The number of nitrogens with zero attached hydrogens (tertiary/aromatic N) is 2. The van der Waals surface area contributed by atoms with E-state index >= 15 is 0 Å². The van der Waals surface area contributed by atoms with Gasteiger partial charge in [-0.05, 0) is 45.6 Å². The Morgan fingerprint density at radius 3 is 2.73 bits per heavy atom. The third-order valence-corrected chi connectivity index (χ3v) is 3.97. The number of rotatable bonds is 7. The molecule has 0 aromatic rings. The highest BCUT2D eigenvalue weighted by molar-refractivity contribution is 7.98. The van der Waals surface area contributed by atoms with Gasteiger partial charge in [-0.25, -0.2) is 4.79 Å². The van der Waals surface area contributed by atoms with Gasteiger partial charge in [0.1, 0.15) is 11.4 Å². The maximum atomic E-state index is 12.1. The molecule has 0 unspecified atom stereocenters. The summed E-state index contributed by atoms with van der Waals surface area (Å²) in [6, 6.07) is 0. The lowest BCUT2D eigenvalue weighted by molar-refractivity contribution is 0.0276. The van der Waals surface area contributed by atoms with Crippen molar-refractivity contribution in [3.05, 3.63) is 0 Å². The van der Waals surface area contributed by atoms with Crippen molar-refractivity contribution in [2.24, 2.45) is 4.99 Å². The minimum Gasteiger partial charge on any atom is -0.444 e. The number of amidine groups is 1. The highest BCUT2D eigenvalue weighted by Gasteiger charge is 2.24. The van der Waals surface area contributed by atoms with Crippen LogP contribution in [0.15, 0.2) is 4.99 Å². The molecule has 1 rings (SSSR count). The van der Waals surface area contributed by atoms with Crippen molar-refractivity contribution in [1.82, 2.24) is 10.2 Å². The van der Waals surface area contributed by atoms with Crippen LogP contribution < -0.4 is 5.32 Å². The lowest BCUT2D eigenvalue weighted by atomic mass is 10.2. The van der Waals surface area contributed by atoms with Crippen molar-refractivity contribution in [2.75, 3.05) is 38.2 Å². The van der Waals surface area contributed by atoms with E-state index in [9.17, 15) is 4.79 Å². The van der Waals surface area contributed by atoms with Gasteiger partial charge in [0.15, 0.2) is 0 Å². The normalized spacial score (nSPS) is 15.5. The molecule has 0 saturated heterocycles. The zero-order chi connectivity index (χ0) is 16.4. The van der Waals surface area contributed by atoms with Gasteiger partial charge >= 0.3 is 6.09 Å². The Morgan fingerprint density at radius 1 is 1.32 bits per heavy atom. The number of unbranched alkanes of at least 4 members (excludes halogenated alkanes) is 3. The first-order chi connectivity index (χ1) is 10.4. The number of ether oxygens (including phenoxy) is 1. The van der Waals surface area contributed by atoms with E-state index in [1.54, 1.807) is 4.90 Å². The van der Waals surface area contributed by atoms with Crippen molar-refractivity contribution < 1.29 is 9.53 Å². The second-order valence-electron chi connectivity index (χ2n) is 6.56. The summed E-state index contributed by atoms with van der Waals surface area (Å²) in [6.07, 6.45) is 6.89. The number of amides is 1. The molecule has 0 spiro atoms. The fourth-order valence-corrected chi connectivity index (χ4v) is 2.66. The Labute approximate surface area is 139 Å². The van der Waals surface area contributed by atoms with Crippen LogP contribution in [0, 0.1) is 0 Å². The smallest absolute Gasteiger partial charge is 0.410 e. The quantitative estimate of drug-likeness (QED) is 0.729. The van der Waals surface area contributed by atoms with Gasteiger partial charge in [0.05, 0.1) is 13.1 Å². The third kappa shape index (κ3) is 8.51. The van der Waals surface area contributed by atoms with Crippen LogP contribution in [0.4, 0.5) is 4.79 Å². The van der Waals surface area contributed by atoms with Crippen LogP contribution >= 0.6 is 11.8 Å². The van der Waals surface area contributed by atoms with Crippen molar-refractivity contribution in [3.63, 3.8) is 0 Å². The highest BCUT2D eigenvalue weighted by atomic mass is 32.2. The third-order valence-electron chi connectivity index (χ3n) is 3.27. The van der Waals surface area contributed by atoms with Gasteiger partial charge in [-0.15, -0.1) is 0 Å². The van der Waals surface area contributed by atoms with E-state index in [1.165, 1.54) is 25.0 Å². The van der Waals surface area contributed by atoms with E-state index in [0.717, 1.165) is 18.8 Å². The SMILES string of the molecule is CSCCCCCCNC1=NCCN(C(=O)OC(C)(C)C)C1. The van der Waals surface area contributed by atoms with Crippen LogP contribution in [0.25, 0.3) is 0 Å². The van der Waals surface area contributed by atoms with Crippen LogP contribution in [0.2, 0.25) is 0 Å². The van der Waals surface area contributed by atoms with Gasteiger partial charge in [-0.3, -0.25) is 9.89 Å². The maximum Gasteiger partial charge on any atom is 0.410 e. The molecule has 1 N–H and O–H groups in total. The van der Waals surface area contributed by atoms with Crippen molar-refractivity contribution >= 4 is 23.7 Å². The zero-order valence-electron chi connectivity index (χ0n) is 14.5.